The Morgan fingerprint density at radius 1 is 0.676 bits per heavy atom. The van der Waals surface area contributed by atoms with Gasteiger partial charge in [0.05, 0.1) is 10.8 Å². The Balaban J connectivity index is 1.60. The van der Waals surface area contributed by atoms with Crippen LogP contribution in [0.15, 0.2) is 0 Å². The maximum Gasteiger partial charge on any atom is 0.322 e. The molecule has 0 amide bonds. The Kier molecular flexibility index (Phi) is 6.04. The van der Waals surface area contributed by atoms with Gasteiger partial charge in [-0.05, 0) is 72.8 Å². The number of cyclic esters (lactones) is 2. The molecule has 186 valence electrons. The average Bonchev–Trinajstić information content (AvgIpc) is 3.16. The summed E-state index contributed by atoms with van der Waals surface area (Å²) in [6, 6.07) is 0. The van der Waals surface area contributed by atoms with E-state index in [4.69, 9.17) is 4.74 Å². The molecule has 7 rings (SSSR count). The van der Waals surface area contributed by atoms with Crippen molar-refractivity contribution in [3.05, 3.63) is 0 Å². The molecule has 2 bridgehead atoms. The molecule has 2 atom stereocenters. The molecule has 1 saturated heterocycles. The van der Waals surface area contributed by atoms with Gasteiger partial charge < -0.3 is 4.74 Å². The molecular formula is C28H41O3P3. The zero-order valence-corrected chi connectivity index (χ0v) is 24.0. The van der Waals surface area contributed by atoms with Crippen molar-refractivity contribution >= 4 is 46.3 Å². The van der Waals surface area contributed by atoms with E-state index in [1.807, 2.05) is 0 Å². The van der Waals surface area contributed by atoms with Crippen LogP contribution in [0, 0.1) is 22.2 Å². The van der Waals surface area contributed by atoms with Gasteiger partial charge in [-0.15, -0.1) is 0 Å². The van der Waals surface area contributed by atoms with Crippen molar-refractivity contribution in [3.63, 3.8) is 0 Å². The van der Waals surface area contributed by atoms with E-state index in [1.54, 1.807) is 10.1 Å². The molecule has 3 saturated carbocycles. The molecule has 0 aromatic carbocycles. The van der Waals surface area contributed by atoms with Crippen LogP contribution in [0.5, 0.6) is 0 Å². The molecule has 34 heavy (non-hydrogen) atoms. The lowest BCUT2D eigenvalue weighted by Gasteiger charge is -2.60. The third-order valence-electron chi connectivity index (χ3n) is 10.6. The lowest BCUT2D eigenvalue weighted by Crippen LogP contribution is -2.57. The molecule has 0 aromatic rings. The summed E-state index contributed by atoms with van der Waals surface area (Å²) in [5.41, 5.74) is 0.372. The lowest BCUT2D eigenvalue weighted by molar-refractivity contribution is -0.153. The minimum atomic E-state index is -0.742. The van der Waals surface area contributed by atoms with Gasteiger partial charge in [0.2, 0.25) is 0 Å². The first kappa shape index (κ1) is 24.3. The number of esters is 2. The highest BCUT2D eigenvalue weighted by Gasteiger charge is 2.71. The molecule has 3 nitrogen and oxygen atoms in total. The summed E-state index contributed by atoms with van der Waals surface area (Å²) in [6.07, 6.45) is 19.2. The number of rotatable bonds is 3. The summed E-state index contributed by atoms with van der Waals surface area (Å²) in [5.74, 6) is -0.539. The fraction of sp³-hybridized carbons (Fsp3) is 0.857. The second-order valence-electron chi connectivity index (χ2n) is 13.0. The van der Waals surface area contributed by atoms with E-state index in [9.17, 15) is 9.59 Å². The van der Waals surface area contributed by atoms with Crippen LogP contribution < -0.4 is 0 Å². The third-order valence-corrected chi connectivity index (χ3v) is 19.9. The number of ether oxygens (including phenoxy) is 1. The molecule has 7 aliphatic rings. The van der Waals surface area contributed by atoms with Crippen LogP contribution in [0.4, 0.5) is 0 Å². The van der Waals surface area contributed by atoms with Gasteiger partial charge in [0.1, 0.15) is 5.66 Å². The van der Waals surface area contributed by atoms with Crippen molar-refractivity contribution in [3.8, 4) is 0 Å². The molecule has 0 radical (unpaired) electrons. The number of hydrogen-bond donors (Lipinski definition) is 0. The van der Waals surface area contributed by atoms with Crippen molar-refractivity contribution < 1.29 is 14.3 Å². The summed E-state index contributed by atoms with van der Waals surface area (Å²) < 4.78 is 5.59. The Bertz CT molecular complexity index is 906. The smallest absolute Gasteiger partial charge is 0.322 e. The molecule has 0 unspecified atom stereocenters. The third kappa shape index (κ3) is 3.38. The van der Waals surface area contributed by atoms with Crippen molar-refractivity contribution in [1.82, 2.24) is 0 Å². The first-order valence-corrected chi connectivity index (χ1v) is 17.2. The molecule has 4 heterocycles. The Morgan fingerprint density at radius 3 is 1.59 bits per heavy atom. The van der Waals surface area contributed by atoms with Gasteiger partial charge in [0.25, 0.3) is 0 Å². The standard InChI is InChI=1S/C28H41O3P3/c1-25(13-7-4-8-14-25)23-32-28(27(3)17-11-6-12-18-27)19-20(22(30)31-21(19)29)34(23)24(33-28)26(2)15-9-5-10-16-26/h19-20H,4-18H2,1-3H3/t19-,20+,28?,34?/m0/s1. The van der Waals surface area contributed by atoms with Crippen LogP contribution in [0.2, 0.25) is 0 Å². The van der Waals surface area contributed by atoms with Crippen molar-refractivity contribution in [2.45, 2.75) is 128 Å². The fourth-order valence-electron chi connectivity index (χ4n) is 8.39. The van der Waals surface area contributed by atoms with Crippen molar-refractivity contribution in [2.75, 3.05) is 0 Å². The molecular weight excluding hydrogens is 477 g/mol. The summed E-state index contributed by atoms with van der Waals surface area (Å²) in [4.78, 5) is 26.8. The van der Waals surface area contributed by atoms with Crippen LogP contribution in [-0.4, -0.2) is 32.6 Å². The van der Waals surface area contributed by atoms with Gasteiger partial charge in [-0.3, -0.25) is 9.59 Å². The maximum absolute atomic E-state index is 13.5. The lowest BCUT2D eigenvalue weighted by atomic mass is 9.69. The van der Waals surface area contributed by atoms with Crippen molar-refractivity contribution in [2.24, 2.45) is 22.2 Å². The van der Waals surface area contributed by atoms with Crippen LogP contribution in [0.3, 0.4) is 0 Å². The van der Waals surface area contributed by atoms with E-state index in [1.165, 1.54) is 113 Å². The van der Waals surface area contributed by atoms with Gasteiger partial charge >= 0.3 is 11.9 Å². The second kappa shape index (κ2) is 8.47. The molecule has 0 aromatic heterocycles. The predicted octanol–water partition coefficient (Wildman–Crippen LogP) is 8.32. The summed E-state index contributed by atoms with van der Waals surface area (Å²) >= 11 is 0. The van der Waals surface area contributed by atoms with Crippen LogP contribution >= 0.6 is 24.3 Å². The largest absolute Gasteiger partial charge is 0.392 e. The molecule has 4 fully saturated rings. The minimum absolute atomic E-state index is 0.106. The minimum Gasteiger partial charge on any atom is -0.392 e. The quantitative estimate of drug-likeness (QED) is 0.214. The zero-order valence-electron chi connectivity index (χ0n) is 21.3. The number of carbonyl (C=O) groups excluding carboxylic acids is 2. The van der Waals surface area contributed by atoms with Gasteiger partial charge in [0.15, 0.2) is 0 Å². The van der Waals surface area contributed by atoms with Gasteiger partial charge in [-0.1, -0.05) is 95.0 Å². The first-order valence-electron chi connectivity index (χ1n) is 14.0. The number of carbonyl (C=O) groups is 2. The zero-order chi connectivity index (χ0) is 23.8. The van der Waals surface area contributed by atoms with E-state index >= 15 is 0 Å². The number of hydrogen-bond acceptors (Lipinski definition) is 3. The van der Waals surface area contributed by atoms with E-state index in [2.05, 4.69) is 20.8 Å². The van der Waals surface area contributed by atoms with Gasteiger partial charge in [0, 0.05) is 0 Å². The Morgan fingerprint density at radius 2 is 1.12 bits per heavy atom. The van der Waals surface area contributed by atoms with Gasteiger partial charge in [-0.25, -0.2) is 0 Å². The molecule has 0 N–H and O–H groups in total. The van der Waals surface area contributed by atoms with Crippen LogP contribution in [0.1, 0.15) is 117 Å². The monoisotopic (exact) mass is 518 g/mol. The topological polar surface area (TPSA) is 43.4 Å². The van der Waals surface area contributed by atoms with E-state index in [-0.39, 0.29) is 44.7 Å². The Labute approximate surface area is 210 Å². The molecule has 3 aliphatic carbocycles. The van der Waals surface area contributed by atoms with Crippen LogP contribution in [-0.2, 0) is 14.3 Å². The van der Waals surface area contributed by atoms with Crippen LogP contribution in [0.25, 0.3) is 0 Å². The first-order chi connectivity index (χ1) is 16.2. The Hall–Kier alpha value is -0.0900. The fourth-order valence-corrected chi connectivity index (χ4v) is 19.9. The average molecular weight is 519 g/mol. The molecule has 6 heteroatoms. The van der Waals surface area contributed by atoms with E-state index in [0.717, 1.165) is 0 Å². The highest BCUT2D eigenvalue weighted by Crippen LogP contribution is 2.80. The van der Waals surface area contributed by atoms with Gasteiger partial charge in [-0.2, -0.15) is 0 Å². The SMILES string of the molecule is CC1(C2=PC3(C4(C)CCCCC4)P=C(C4(C)CCCCC4)P2[C@H]2C(=O)OC(=O)[C@H]23)CCCCC1. The summed E-state index contributed by atoms with van der Waals surface area (Å²) in [6.45, 7) is 7.56. The normalized spacial score (nSPS) is 41.2. The second-order valence-corrected chi connectivity index (χ2v) is 19.0. The highest BCUT2D eigenvalue weighted by molar-refractivity contribution is 8.07. The predicted molar refractivity (Wildman–Crippen MR) is 145 cm³/mol. The summed E-state index contributed by atoms with van der Waals surface area (Å²) in [7, 11) is 2.15. The van der Waals surface area contributed by atoms with Crippen molar-refractivity contribution in [1.29, 1.82) is 0 Å². The van der Waals surface area contributed by atoms with E-state index in [0.29, 0.717) is 0 Å². The molecule has 0 spiro atoms. The molecule has 4 aliphatic heterocycles. The van der Waals surface area contributed by atoms with E-state index < -0.39 is 7.92 Å². The summed E-state index contributed by atoms with van der Waals surface area (Å²) in [5, 5.41) is 3.42. The maximum atomic E-state index is 13.5. The highest BCUT2D eigenvalue weighted by atomic mass is 31.2.